The fourth-order valence-corrected chi connectivity index (χ4v) is 3.90. The van der Waals surface area contributed by atoms with Crippen LogP contribution in [0.5, 0.6) is 11.5 Å². The van der Waals surface area contributed by atoms with Crippen molar-refractivity contribution in [2.45, 2.75) is 38.2 Å². The van der Waals surface area contributed by atoms with E-state index >= 15 is 0 Å². The standard InChI is InChI=1S/C23H25NO4/c1-2-3-14-27-18-10-8-17(9-11-18)22(26)24-13-12-23(16-24)15-20(25)19-6-4-5-7-21(19)28-23/h4-11H,2-3,12-16H2,1H3. The molecule has 2 aromatic carbocycles. The average molecular weight is 379 g/mol. The smallest absolute Gasteiger partial charge is 0.253 e. The number of fused-ring (bicyclic) bond motifs is 1. The van der Waals surface area contributed by atoms with Crippen molar-refractivity contribution in [3.8, 4) is 11.5 Å². The lowest BCUT2D eigenvalue weighted by atomic mass is 9.89. The number of nitrogens with zero attached hydrogens (tertiary/aromatic N) is 1. The van der Waals surface area contributed by atoms with Gasteiger partial charge in [0.2, 0.25) is 0 Å². The molecule has 5 heteroatoms. The van der Waals surface area contributed by atoms with Crippen molar-refractivity contribution in [3.05, 3.63) is 59.7 Å². The molecule has 0 radical (unpaired) electrons. The van der Waals surface area contributed by atoms with Gasteiger partial charge in [0.15, 0.2) is 5.78 Å². The Morgan fingerprint density at radius 1 is 1.18 bits per heavy atom. The Kier molecular flexibility index (Phi) is 5.07. The van der Waals surface area contributed by atoms with Gasteiger partial charge in [-0.2, -0.15) is 0 Å². The lowest BCUT2D eigenvalue weighted by molar-refractivity contribution is 0.0428. The van der Waals surface area contributed by atoms with Gasteiger partial charge < -0.3 is 14.4 Å². The van der Waals surface area contributed by atoms with Gasteiger partial charge in [-0.3, -0.25) is 9.59 Å². The van der Waals surface area contributed by atoms with E-state index in [1.54, 1.807) is 23.1 Å². The quantitative estimate of drug-likeness (QED) is 0.734. The third-order valence-electron chi connectivity index (χ3n) is 5.47. The maximum absolute atomic E-state index is 12.9. The molecule has 2 aliphatic heterocycles. The number of hydrogen-bond donors (Lipinski definition) is 0. The molecule has 1 unspecified atom stereocenters. The van der Waals surface area contributed by atoms with Crippen molar-refractivity contribution in [2.75, 3.05) is 19.7 Å². The predicted octanol–water partition coefficient (Wildman–Crippen LogP) is 4.12. The Balaban J connectivity index is 1.43. The first-order valence-electron chi connectivity index (χ1n) is 9.94. The highest BCUT2D eigenvalue weighted by Crippen LogP contribution is 2.38. The van der Waals surface area contributed by atoms with Crippen LogP contribution in [-0.2, 0) is 0 Å². The molecular weight excluding hydrogens is 354 g/mol. The fraction of sp³-hybridized carbons (Fsp3) is 0.391. The van der Waals surface area contributed by atoms with Crippen molar-refractivity contribution in [3.63, 3.8) is 0 Å². The van der Waals surface area contributed by atoms with E-state index in [9.17, 15) is 9.59 Å². The summed E-state index contributed by atoms with van der Waals surface area (Å²) in [6.45, 7) is 3.82. The van der Waals surface area contributed by atoms with Crippen molar-refractivity contribution in [2.24, 2.45) is 0 Å². The molecule has 0 aliphatic carbocycles. The van der Waals surface area contributed by atoms with Gasteiger partial charge in [0.05, 0.1) is 25.1 Å². The zero-order valence-corrected chi connectivity index (χ0v) is 16.1. The summed E-state index contributed by atoms with van der Waals surface area (Å²) in [5.74, 6) is 1.46. The molecule has 1 saturated heterocycles. The van der Waals surface area contributed by atoms with Crippen LogP contribution in [0, 0.1) is 0 Å². The lowest BCUT2D eigenvalue weighted by Crippen LogP contribution is -2.45. The van der Waals surface area contributed by atoms with E-state index < -0.39 is 5.60 Å². The van der Waals surface area contributed by atoms with E-state index in [-0.39, 0.29) is 11.7 Å². The van der Waals surface area contributed by atoms with Crippen LogP contribution in [0.25, 0.3) is 0 Å². The summed E-state index contributed by atoms with van der Waals surface area (Å²) < 4.78 is 11.9. The second kappa shape index (κ2) is 7.66. The van der Waals surface area contributed by atoms with Crippen molar-refractivity contribution in [1.29, 1.82) is 0 Å². The summed E-state index contributed by atoms with van der Waals surface area (Å²) in [6.07, 6.45) is 3.08. The molecule has 0 bridgehead atoms. The zero-order valence-electron chi connectivity index (χ0n) is 16.1. The van der Waals surface area contributed by atoms with Crippen LogP contribution in [0.1, 0.15) is 53.3 Å². The average Bonchev–Trinajstić information content (AvgIpc) is 3.11. The van der Waals surface area contributed by atoms with E-state index in [1.807, 2.05) is 30.3 Å². The number of benzene rings is 2. The van der Waals surface area contributed by atoms with E-state index in [0.29, 0.717) is 49.4 Å². The maximum Gasteiger partial charge on any atom is 0.253 e. The third-order valence-corrected chi connectivity index (χ3v) is 5.47. The molecule has 0 N–H and O–H groups in total. The van der Waals surface area contributed by atoms with E-state index in [1.165, 1.54) is 0 Å². The Morgan fingerprint density at radius 3 is 2.75 bits per heavy atom. The molecule has 2 aliphatic rings. The fourth-order valence-electron chi connectivity index (χ4n) is 3.90. The van der Waals surface area contributed by atoms with Crippen LogP contribution in [0.3, 0.4) is 0 Å². The molecule has 2 heterocycles. The van der Waals surface area contributed by atoms with Crippen LogP contribution in [0.4, 0.5) is 0 Å². The van der Waals surface area contributed by atoms with Gasteiger partial charge in [0.1, 0.15) is 17.1 Å². The second-order valence-electron chi connectivity index (χ2n) is 7.58. The highest BCUT2D eigenvalue weighted by atomic mass is 16.5. The number of Topliss-reactive ketones (excluding diaryl/α,β-unsaturated/α-hetero) is 1. The molecule has 0 aromatic heterocycles. The molecule has 0 saturated carbocycles. The summed E-state index contributed by atoms with van der Waals surface area (Å²) >= 11 is 0. The van der Waals surface area contributed by atoms with Gasteiger partial charge in [0.25, 0.3) is 5.91 Å². The molecule has 1 fully saturated rings. The van der Waals surface area contributed by atoms with Crippen molar-refractivity contribution >= 4 is 11.7 Å². The Labute approximate surface area is 165 Å². The predicted molar refractivity (Wildman–Crippen MR) is 106 cm³/mol. The number of ether oxygens (including phenoxy) is 2. The van der Waals surface area contributed by atoms with E-state index in [0.717, 1.165) is 18.6 Å². The zero-order chi connectivity index (χ0) is 19.6. The number of para-hydroxylation sites is 1. The minimum atomic E-state index is -0.607. The number of amides is 1. The van der Waals surface area contributed by atoms with Gasteiger partial charge in [-0.15, -0.1) is 0 Å². The summed E-state index contributed by atoms with van der Waals surface area (Å²) in [4.78, 5) is 27.2. The van der Waals surface area contributed by atoms with Crippen molar-refractivity contribution in [1.82, 2.24) is 4.90 Å². The molecule has 5 nitrogen and oxygen atoms in total. The molecule has 2 aromatic rings. The molecule has 1 atom stereocenters. The highest BCUT2D eigenvalue weighted by molar-refractivity contribution is 6.00. The number of hydrogen-bond acceptors (Lipinski definition) is 4. The summed E-state index contributed by atoms with van der Waals surface area (Å²) in [5.41, 5.74) is 0.656. The minimum Gasteiger partial charge on any atom is -0.494 e. The van der Waals surface area contributed by atoms with Gasteiger partial charge in [-0.1, -0.05) is 25.5 Å². The molecule has 1 amide bonds. The maximum atomic E-state index is 12.9. The number of ketones is 1. The largest absolute Gasteiger partial charge is 0.494 e. The normalized spacial score (nSPS) is 20.8. The third kappa shape index (κ3) is 3.61. The van der Waals surface area contributed by atoms with Gasteiger partial charge in [-0.25, -0.2) is 0 Å². The van der Waals surface area contributed by atoms with Gasteiger partial charge in [0, 0.05) is 18.5 Å². The Morgan fingerprint density at radius 2 is 1.96 bits per heavy atom. The SMILES string of the molecule is CCCCOc1ccc(C(=O)N2CCC3(CC(=O)c4ccccc4O3)C2)cc1. The molecule has 1 spiro atoms. The number of carbonyl (C=O) groups is 2. The van der Waals surface area contributed by atoms with E-state index in [4.69, 9.17) is 9.47 Å². The molecule has 146 valence electrons. The lowest BCUT2D eigenvalue weighted by Gasteiger charge is -2.34. The van der Waals surface area contributed by atoms with Crippen LogP contribution >= 0.6 is 0 Å². The van der Waals surface area contributed by atoms with Gasteiger partial charge >= 0.3 is 0 Å². The number of rotatable bonds is 5. The molecule has 4 rings (SSSR count). The van der Waals surface area contributed by atoms with Crippen LogP contribution in [-0.4, -0.2) is 41.9 Å². The first-order chi connectivity index (χ1) is 13.6. The second-order valence-corrected chi connectivity index (χ2v) is 7.58. The highest BCUT2D eigenvalue weighted by Gasteiger charge is 2.46. The van der Waals surface area contributed by atoms with Crippen LogP contribution < -0.4 is 9.47 Å². The summed E-state index contributed by atoms with van der Waals surface area (Å²) in [5, 5.41) is 0. The first-order valence-corrected chi connectivity index (χ1v) is 9.94. The topological polar surface area (TPSA) is 55.8 Å². The number of unbranched alkanes of at least 4 members (excludes halogenated alkanes) is 1. The van der Waals surface area contributed by atoms with Gasteiger partial charge in [-0.05, 0) is 42.8 Å². The van der Waals surface area contributed by atoms with Crippen LogP contribution in [0.15, 0.2) is 48.5 Å². The Hall–Kier alpha value is -2.82. The number of carbonyl (C=O) groups excluding carboxylic acids is 2. The van der Waals surface area contributed by atoms with Crippen LogP contribution in [0.2, 0.25) is 0 Å². The Bertz CT molecular complexity index is 876. The summed E-state index contributed by atoms with van der Waals surface area (Å²) in [7, 11) is 0. The van der Waals surface area contributed by atoms with E-state index in [2.05, 4.69) is 6.92 Å². The monoisotopic (exact) mass is 379 g/mol. The first kappa shape index (κ1) is 18.5. The molecular formula is C23H25NO4. The summed E-state index contributed by atoms with van der Waals surface area (Å²) in [6, 6.07) is 14.6. The van der Waals surface area contributed by atoms with Crippen molar-refractivity contribution < 1.29 is 19.1 Å². The number of likely N-dealkylation sites (tertiary alicyclic amines) is 1. The molecule has 28 heavy (non-hydrogen) atoms. The minimum absolute atomic E-state index is 0.0353.